The first-order valence-electron chi connectivity index (χ1n) is 6.57. The molecule has 2 aromatic heterocycles. The molecule has 2 aromatic rings. The van der Waals surface area contributed by atoms with Gasteiger partial charge in [-0.1, -0.05) is 6.92 Å². The Hall–Kier alpha value is -1.82. The Morgan fingerprint density at radius 1 is 1.26 bits per heavy atom. The zero-order valence-electron chi connectivity index (χ0n) is 11.7. The molecule has 1 N–H and O–H groups in total. The molecule has 6 nitrogen and oxygen atoms in total. The van der Waals surface area contributed by atoms with Gasteiger partial charge in [-0.15, -0.1) is 0 Å². The summed E-state index contributed by atoms with van der Waals surface area (Å²) in [5.41, 5.74) is 1.85. The molecule has 0 aliphatic carbocycles. The lowest BCUT2D eigenvalue weighted by molar-refractivity contribution is 0.509. The zero-order chi connectivity index (χ0) is 13.7. The highest BCUT2D eigenvalue weighted by atomic mass is 15.3. The van der Waals surface area contributed by atoms with Gasteiger partial charge in [-0.2, -0.15) is 5.10 Å². The van der Waals surface area contributed by atoms with Crippen molar-refractivity contribution in [3.63, 3.8) is 0 Å². The van der Waals surface area contributed by atoms with E-state index in [9.17, 15) is 0 Å². The SMILES string of the molecule is CCCn1ncnc1CC(NC)c1cnc(C)cn1. The fourth-order valence-corrected chi connectivity index (χ4v) is 1.96. The predicted molar refractivity (Wildman–Crippen MR) is 72.6 cm³/mol. The number of aromatic nitrogens is 5. The van der Waals surface area contributed by atoms with Crippen LogP contribution in [-0.4, -0.2) is 31.8 Å². The summed E-state index contributed by atoms with van der Waals surface area (Å²) >= 11 is 0. The Bertz CT molecular complexity index is 504. The molecule has 0 amide bonds. The van der Waals surface area contributed by atoms with E-state index in [1.807, 2.05) is 24.9 Å². The quantitative estimate of drug-likeness (QED) is 0.847. The molecule has 2 rings (SSSR count). The summed E-state index contributed by atoms with van der Waals surface area (Å²) in [4.78, 5) is 13.0. The van der Waals surface area contributed by atoms with Gasteiger partial charge in [0, 0.05) is 19.2 Å². The molecule has 0 spiro atoms. The molecule has 0 fully saturated rings. The molecule has 0 radical (unpaired) electrons. The Balaban J connectivity index is 2.14. The third kappa shape index (κ3) is 3.35. The van der Waals surface area contributed by atoms with Crippen molar-refractivity contribution in [3.8, 4) is 0 Å². The van der Waals surface area contributed by atoms with Gasteiger partial charge in [0.25, 0.3) is 0 Å². The van der Waals surface area contributed by atoms with E-state index in [0.717, 1.165) is 36.6 Å². The van der Waals surface area contributed by atoms with Crippen LogP contribution in [0.1, 0.15) is 36.6 Å². The minimum atomic E-state index is 0.105. The van der Waals surface area contributed by atoms with Crippen LogP contribution < -0.4 is 5.32 Å². The van der Waals surface area contributed by atoms with Crippen LogP contribution in [0.4, 0.5) is 0 Å². The van der Waals surface area contributed by atoms with Crippen molar-refractivity contribution >= 4 is 0 Å². The summed E-state index contributed by atoms with van der Waals surface area (Å²) in [5, 5.41) is 7.50. The highest BCUT2D eigenvalue weighted by molar-refractivity contribution is 5.08. The van der Waals surface area contributed by atoms with E-state index in [1.54, 1.807) is 12.5 Å². The van der Waals surface area contributed by atoms with E-state index in [2.05, 4.69) is 32.3 Å². The monoisotopic (exact) mass is 260 g/mol. The lowest BCUT2D eigenvalue weighted by Crippen LogP contribution is -2.22. The first-order valence-corrected chi connectivity index (χ1v) is 6.57. The zero-order valence-corrected chi connectivity index (χ0v) is 11.7. The van der Waals surface area contributed by atoms with Gasteiger partial charge in [-0.05, 0) is 20.4 Å². The second-order valence-electron chi connectivity index (χ2n) is 4.53. The van der Waals surface area contributed by atoms with Crippen molar-refractivity contribution in [2.24, 2.45) is 0 Å². The summed E-state index contributed by atoms with van der Waals surface area (Å²) in [6.45, 7) is 4.96. The number of hydrogen-bond donors (Lipinski definition) is 1. The number of rotatable bonds is 6. The number of likely N-dealkylation sites (N-methyl/N-ethyl adjacent to an activating group) is 1. The van der Waals surface area contributed by atoms with Crippen LogP contribution in [0.2, 0.25) is 0 Å². The second-order valence-corrected chi connectivity index (χ2v) is 4.53. The molecule has 19 heavy (non-hydrogen) atoms. The third-order valence-electron chi connectivity index (χ3n) is 3.02. The standard InChI is InChI=1S/C13H20N6/c1-4-5-19-13(17-9-18-19)6-11(14-3)12-8-15-10(2)7-16-12/h7-9,11,14H,4-6H2,1-3H3. The third-order valence-corrected chi connectivity index (χ3v) is 3.02. The maximum atomic E-state index is 4.42. The maximum absolute atomic E-state index is 4.42. The van der Waals surface area contributed by atoms with Crippen molar-refractivity contribution in [2.45, 2.75) is 39.3 Å². The normalized spacial score (nSPS) is 12.6. The van der Waals surface area contributed by atoms with Crippen LogP contribution in [0, 0.1) is 6.92 Å². The number of hydrogen-bond acceptors (Lipinski definition) is 5. The van der Waals surface area contributed by atoms with Crippen LogP contribution in [0.25, 0.3) is 0 Å². The van der Waals surface area contributed by atoms with Gasteiger partial charge in [0.1, 0.15) is 12.2 Å². The Morgan fingerprint density at radius 2 is 2.11 bits per heavy atom. The highest BCUT2D eigenvalue weighted by Crippen LogP contribution is 2.14. The van der Waals surface area contributed by atoms with Gasteiger partial charge in [0.05, 0.1) is 23.6 Å². The number of nitrogens with one attached hydrogen (secondary N) is 1. The summed E-state index contributed by atoms with van der Waals surface area (Å²) in [7, 11) is 1.92. The first-order chi connectivity index (χ1) is 9.24. The molecular weight excluding hydrogens is 240 g/mol. The summed E-state index contributed by atoms with van der Waals surface area (Å²) in [6, 6.07) is 0.105. The minimum Gasteiger partial charge on any atom is -0.311 e. The van der Waals surface area contributed by atoms with Crippen LogP contribution >= 0.6 is 0 Å². The predicted octanol–water partition coefficient (Wildman–Crippen LogP) is 1.29. The Morgan fingerprint density at radius 3 is 2.74 bits per heavy atom. The van der Waals surface area contributed by atoms with E-state index in [0.29, 0.717) is 0 Å². The minimum absolute atomic E-state index is 0.105. The lowest BCUT2D eigenvalue weighted by atomic mass is 10.1. The smallest absolute Gasteiger partial charge is 0.138 e. The van der Waals surface area contributed by atoms with Crippen molar-refractivity contribution in [1.29, 1.82) is 0 Å². The largest absolute Gasteiger partial charge is 0.311 e. The van der Waals surface area contributed by atoms with E-state index < -0.39 is 0 Å². The maximum Gasteiger partial charge on any atom is 0.138 e. The molecule has 0 saturated heterocycles. The van der Waals surface area contributed by atoms with Crippen LogP contribution in [0.5, 0.6) is 0 Å². The average Bonchev–Trinajstić information content (AvgIpc) is 2.85. The molecule has 1 unspecified atom stereocenters. The summed E-state index contributed by atoms with van der Waals surface area (Å²) < 4.78 is 1.95. The van der Waals surface area contributed by atoms with E-state index >= 15 is 0 Å². The fraction of sp³-hybridized carbons (Fsp3) is 0.538. The van der Waals surface area contributed by atoms with E-state index in [-0.39, 0.29) is 6.04 Å². The molecule has 0 aliphatic heterocycles. The molecule has 6 heteroatoms. The van der Waals surface area contributed by atoms with Crippen molar-refractivity contribution in [3.05, 3.63) is 35.9 Å². The second kappa shape index (κ2) is 6.38. The van der Waals surface area contributed by atoms with Gasteiger partial charge >= 0.3 is 0 Å². The Kier molecular flexibility index (Phi) is 4.57. The highest BCUT2D eigenvalue weighted by Gasteiger charge is 2.15. The molecule has 102 valence electrons. The van der Waals surface area contributed by atoms with Gasteiger partial charge in [-0.25, -0.2) is 4.98 Å². The van der Waals surface area contributed by atoms with Crippen LogP contribution in [0.3, 0.4) is 0 Å². The molecule has 2 heterocycles. The lowest BCUT2D eigenvalue weighted by Gasteiger charge is -2.15. The van der Waals surface area contributed by atoms with E-state index in [4.69, 9.17) is 0 Å². The summed E-state index contributed by atoms with van der Waals surface area (Å²) in [6.07, 6.45) is 7.02. The van der Waals surface area contributed by atoms with Gasteiger partial charge in [0.15, 0.2) is 0 Å². The number of nitrogens with zero attached hydrogens (tertiary/aromatic N) is 5. The summed E-state index contributed by atoms with van der Waals surface area (Å²) in [5.74, 6) is 0.976. The van der Waals surface area contributed by atoms with Crippen molar-refractivity contribution in [1.82, 2.24) is 30.0 Å². The van der Waals surface area contributed by atoms with Crippen LogP contribution in [-0.2, 0) is 13.0 Å². The molecule has 0 aromatic carbocycles. The molecule has 1 atom stereocenters. The van der Waals surface area contributed by atoms with E-state index in [1.165, 1.54) is 0 Å². The van der Waals surface area contributed by atoms with Crippen molar-refractivity contribution in [2.75, 3.05) is 7.05 Å². The van der Waals surface area contributed by atoms with Gasteiger partial charge < -0.3 is 5.32 Å². The van der Waals surface area contributed by atoms with Gasteiger partial charge in [0.2, 0.25) is 0 Å². The Labute approximate surface area is 113 Å². The molecule has 0 bridgehead atoms. The van der Waals surface area contributed by atoms with Crippen molar-refractivity contribution < 1.29 is 0 Å². The van der Waals surface area contributed by atoms with Gasteiger partial charge in [-0.3, -0.25) is 14.6 Å². The molecular formula is C13H20N6. The first kappa shape index (κ1) is 13.6. The topological polar surface area (TPSA) is 68.5 Å². The number of aryl methyl sites for hydroxylation is 2. The molecule has 0 aliphatic rings. The average molecular weight is 260 g/mol. The molecule has 0 saturated carbocycles. The van der Waals surface area contributed by atoms with Crippen LogP contribution in [0.15, 0.2) is 18.7 Å². The fourth-order valence-electron chi connectivity index (χ4n) is 1.96.